The molecule has 1 aliphatic rings. The monoisotopic (exact) mass is 311 g/mol. The van der Waals surface area contributed by atoms with Crippen LogP contribution in [-0.2, 0) is 10.0 Å². The summed E-state index contributed by atoms with van der Waals surface area (Å²) in [6.45, 7) is 1.31. The van der Waals surface area contributed by atoms with E-state index in [0.29, 0.717) is 18.7 Å². The molecule has 1 fully saturated rings. The smallest absolute Gasteiger partial charge is 0.252 e. The van der Waals surface area contributed by atoms with Gasteiger partial charge >= 0.3 is 0 Å². The van der Waals surface area contributed by atoms with Crippen LogP contribution < -0.4 is 5.32 Å². The SMILES string of the molecule is O=C(NCCS(=O)(=O)N1CCCCCC1)c1cccnc1. The van der Waals surface area contributed by atoms with E-state index in [1.807, 2.05) is 0 Å². The van der Waals surface area contributed by atoms with Crippen LogP contribution in [0.25, 0.3) is 0 Å². The summed E-state index contributed by atoms with van der Waals surface area (Å²) in [5.74, 6) is -0.354. The predicted octanol–water partition coefficient (Wildman–Crippen LogP) is 1.02. The molecule has 1 aliphatic heterocycles. The van der Waals surface area contributed by atoms with Gasteiger partial charge in [0.2, 0.25) is 10.0 Å². The van der Waals surface area contributed by atoms with Gasteiger partial charge in [-0.25, -0.2) is 12.7 Å². The largest absolute Gasteiger partial charge is 0.351 e. The van der Waals surface area contributed by atoms with Crippen LogP contribution in [0.15, 0.2) is 24.5 Å². The molecule has 2 heterocycles. The van der Waals surface area contributed by atoms with Gasteiger partial charge in [-0.1, -0.05) is 12.8 Å². The molecule has 0 aromatic carbocycles. The van der Waals surface area contributed by atoms with Crippen molar-refractivity contribution in [1.29, 1.82) is 0 Å². The minimum Gasteiger partial charge on any atom is -0.351 e. The fraction of sp³-hybridized carbons (Fsp3) is 0.571. The van der Waals surface area contributed by atoms with Crippen LogP contribution in [0.5, 0.6) is 0 Å². The molecule has 0 aliphatic carbocycles. The highest BCUT2D eigenvalue weighted by molar-refractivity contribution is 7.89. The van der Waals surface area contributed by atoms with Gasteiger partial charge < -0.3 is 5.32 Å². The summed E-state index contributed by atoms with van der Waals surface area (Å²) in [5.41, 5.74) is 0.435. The highest BCUT2D eigenvalue weighted by Gasteiger charge is 2.22. The lowest BCUT2D eigenvalue weighted by molar-refractivity contribution is 0.0955. The fourth-order valence-electron chi connectivity index (χ4n) is 2.34. The summed E-state index contributed by atoms with van der Waals surface area (Å²) in [7, 11) is -3.28. The van der Waals surface area contributed by atoms with Gasteiger partial charge in [0.1, 0.15) is 0 Å². The highest BCUT2D eigenvalue weighted by Crippen LogP contribution is 2.13. The third-order valence-corrected chi connectivity index (χ3v) is 5.40. The summed E-state index contributed by atoms with van der Waals surface area (Å²) >= 11 is 0. The number of aromatic nitrogens is 1. The summed E-state index contributed by atoms with van der Waals surface area (Å²) in [5, 5.41) is 2.63. The molecule has 1 amide bonds. The molecule has 6 nitrogen and oxygen atoms in total. The Kier molecular flexibility index (Phi) is 5.69. The molecule has 116 valence electrons. The van der Waals surface area contributed by atoms with Crippen molar-refractivity contribution in [3.05, 3.63) is 30.1 Å². The second-order valence-corrected chi connectivity index (χ2v) is 7.22. The molecule has 1 saturated heterocycles. The van der Waals surface area contributed by atoms with Crippen LogP contribution in [0.2, 0.25) is 0 Å². The van der Waals surface area contributed by atoms with Crippen molar-refractivity contribution in [3.8, 4) is 0 Å². The lowest BCUT2D eigenvalue weighted by atomic mass is 10.2. The minimum absolute atomic E-state index is 0.0565. The van der Waals surface area contributed by atoms with Crippen molar-refractivity contribution >= 4 is 15.9 Å². The number of amides is 1. The first kappa shape index (κ1) is 15.9. The van der Waals surface area contributed by atoms with Gasteiger partial charge in [0.25, 0.3) is 5.91 Å². The number of carbonyl (C=O) groups excluding carboxylic acids is 1. The molecule has 0 bridgehead atoms. The van der Waals surface area contributed by atoms with Crippen LogP contribution in [-0.4, -0.2) is 49.0 Å². The Morgan fingerprint density at radius 1 is 1.24 bits per heavy atom. The lowest BCUT2D eigenvalue weighted by Gasteiger charge is -2.19. The van der Waals surface area contributed by atoms with E-state index in [2.05, 4.69) is 10.3 Å². The van der Waals surface area contributed by atoms with Crippen molar-refractivity contribution in [1.82, 2.24) is 14.6 Å². The molecule has 0 spiro atoms. The van der Waals surface area contributed by atoms with Crippen LogP contribution in [0.4, 0.5) is 0 Å². The maximum Gasteiger partial charge on any atom is 0.252 e. The first-order valence-corrected chi connectivity index (χ1v) is 8.86. The normalized spacial score (nSPS) is 17.1. The maximum atomic E-state index is 12.2. The second-order valence-electron chi connectivity index (χ2n) is 5.13. The molecule has 1 aromatic heterocycles. The summed E-state index contributed by atoms with van der Waals surface area (Å²) in [4.78, 5) is 15.7. The molecule has 0 saturated carbocycles. The van der Waals surface area contributed by atoms with E-state index in [1.165, 1.54) is 6.20 Å². The summed E-state index contributed by atoms with van der Waals surface area (Å²) < 4.78 is 26.0. The standard InChI is InChI=1S/C14H21N3O3S/c18-14(13-6-5-7-15-12-13)16-8-11-21(19,20)17-9-3-1-2-4-10-17/h5-7,12H,1-4,8-11H2,(H,16,18). The van der Waals surface area contributed by atoms with Gasteiger partial charge in [0, 0.05) is 32.0 Å². The maximum absolute atomic E-state index is 12.2. The number of sulfonamides is 1. The predicted molar refractivity (Wildman–Crippen MR) is 80.4 cm³/mol. The molecule has 0 radical (unpaired) electrons. The molecule has 0 atom stereocenters. The third-order valence-electron chi connectivity index (χ3n) is 3.53. The zero-order chi connectivity index (χ0) is 15.1. The molecule has 21 heavy (non-hydrogen) atoms. The van der Waals surface area contributed by atoms with Gasteiger partial charge in [0.05, 0.1) is 11.3 Å². The Bertz CT molecular complexity index is 552. The van der Waals surface area contributed by atoms with Crippen LogP contribution in [0.3, 0.4) is 0 Å². The molecule has 7 heteroatoms. The van der Waals surface area contributed by atoms with E-state index >= 15 is 0 Å². The molecule has 2 rings (SSSR count). The number of pyridine rings is 1. The zero-order valence-corrected chi connectivity index (χ0v) is 12.8. The van der Waals surface area contributed by atoms with E-state index in [-0.39, 0.29) is 18.2 Å². The van der Waals surface area contributed by atoms with Gasteiger partial charge in [-0.05, 0) is 25.0 Å². The van der Waals surface area contributed by atoms with Crippen molar-refractivity contribution in [2.24, 2.45) is 0 Å². The quantitative estimate of drug-likeness (QED) is 0.880. The third kappa shape index (κ3) is 4.78. The van der Waals surface area contributed by atoms with E-state index in [0.717, 1.165) is 25.7 Å². The Morgan fingerprint density at radius 3 is 2.57 bits per heavy atom. The number of nitrogens with one attached hydrogen (secondary N) is 1. The molecular formula is C14H21N3O3S. The minimum atomic E-state index is -3.28. The average Bonchev–Trinajstić information content (AvgIpc) is 2.77. The van der Waals surface area contributed by atoms with Gasteiger partial charge in [0.15, 0.2) is 0 Å². The van der Waals surface area contributed by atoms with Crippen molar-refractivity contribution in [2.45, 2.75) is 25.7 Å². The van der Waals surface area contributed by atoms with Gasteiger partial charge in [-0.2, -0.15) is 0 Å². The molecule has 1 N–H and O–H groups in total. The molecular weight excluding hydrogens is 290 g/mol. The number of carbonyl (C=O) groups is 1. The number of nitrogens with zero attached hydrogens (tertiary/aromatic N) is 2. The van der Waals surface area contributed by atoms with E-state index in [9.17, 15) is 13.2 Å². The van der Waals surface area contributed by atoms with Crippen LogP contribution >= 0.6 is 0 Å². The Balaban J connectivity index is 1.83. The van der Waals surface area contributed by atoms with Gasteiger partial charge in [-0.3, -0.25) is 9.78 Å². The van der Waals surface area contributed by atoms with Crippen LogP contribution in [0, 0.1) is 0 Å². The number of hydrogen-bond acceptors (Lipinski definition) is 4. The van der Waals surface area contributed by atoms with Crippen molar-refractivity contribution < 1.29 is 13.2 Å². The fourth-order valence-corrected chi connectivity index (χ4v) is 3.77. The first-order chi connectivity index (χ1) is 10.1. The number of rotatable bonds is 5. The topological polar surface area (TPSA) is 79.4 Å². The van der Waals surface area contributed by atoms with E-state index in [4.69, 9.17) is 0 Å². The van der Waals surface area contributed by atoms with E-state index in [1.54, 1.807) is 22.6 Å². The van der Waals surface area contributed by atoms with E-state index < -0.39 is 10.0 Å². The van der Waals surface area contributed by atoms with Crippen molar-refractivity contribution in [3.63, 3.8) is 0 Å². The summed E-state index contributed by atoms with van der Waals surface area (Å²) in [6, 6.07) is 3.31. The Hall–Kier alpha value is -1.47. The zero-order valence-electron chi connectivity index (χ0n) is 12.0. The van der Waals surface area contributed by atoms with Crippen molar-refractivity contribution in [2.75, 3.05) is 25.4 Å². The Morgan fingerprint density at radius 2 is 1.95 bits per heavy atom. The molecule has 0 unspecified atom stereocenters. The first-order valence-electron chi connectivity index (χ1n) is 7.26. The lowest BCUT2D eigenvalue weighted by Crippen LogP contribution is -2.38. The second kappa shape index (κ2) is 7.51. The average molecular weight is 311 g/mol. The Labute approximate surface area is 125 Å². The van der Waals surface area contributed by atoms with Gasteiger partial charge in [-0.15, -0.1) is 0 Å². The summed E-state index contributed by atoms with van der Waals surface area (Å²) in [6.07, 6.45) is 7.05. The highest BCUT2D eigenvalue weighted by atomic mass is 32.2. The molecule has 1 aromatic rings. The van der Waals surface area contributed by atoms with Crippen LogP contribution in [0.1, 0.15) is 36.0 Å². The number of hydrogen-bond donors (Lipinski definition) is 1.